The summed E-state index contributed by atoms with van der Waals surface area (Å²) in [7, 11) is 0. The van der Waals surface area contributed by atoms with Gasteiger partial charge >= 0.3 is 6.09 Å². The topological polar surface area (TPSA) is 50.7 Å². The average Bonchev–Trinajstić information content (AvgIpc) is 2.27. The van der Waals surface area contributed by atoms with Crippen molar-refractivity contribution in [1.82, 2.24) is 5.43 Å². The van der Waals surface area contributed by atoms with Crippen LogP contribution in [0.15, 0.2) is 33.8 Å². The molecule has 0 heterocycles. The summed E-state index contributed by atoms with van der Waals surface area (Å²) in [5.41, 5.74) is 3.95. The van der Waals surface area contributed by atoms with Gasteiger partial charge in [-0.15, -0.1) is 0 Å². The molecule has 0 saturated heterocycles. The monoisotopic (exact) mass is 284 g/mol. The minimum Gasteiger partial charge on any atom is -0.449 e. The smallest absolute Gasteiger partial charge is 0.427 e. The van der Waals surface area contributed by atoms with Crippen molar-refractivity contribution in [2.24, 2.45) is 5.10 Å². The first kappa shape index (κ1) is 12.7. The largest absolute Gasteiger partial charge is 0.449 e. The van der Waals surface area contributed by atoms with Gasteiger partial charge in [-0.3, -0.25) is 0 Å². The van der Waals surface area contributed by atoms with Gasteiger partial charge in [-0.25, -0.2) is 10.2 Å². The van der Waals surface area contributed by atoms with Crippen LogP contribution in [0.2, 0.25) is 0 Å². The van der Waals surface area contributed by atoms with E-state index < -0.39 is 6.09 Å². The fourth-order valence-corrected chi connectivity index (χ4v) is 1.68. The third-order valence-electron chi connectivity index (χ3n) is 1.85. The zero-order valence-corrected chi connectivity index (χ0v) is 10.7. The van der Waals surface area contributed by atoms with E-state index in [1.54, 1.807) is 6.92 Å². The Kier molecular flexibility index (Phi) is 4.98. The lowest BCUT2D eigenvalue weighted by molar-refractivity contribution is 0.152. The normalized spacial score (nSPS) is 11.1. The zero-order valence-electron chi connectivity index (χ0n) is 9.16. The van der Waals surface area contributed by atoms with Gasteiger partial charge in [0.1, 0.15) is 0 Å². The van der Waals surface area contributed by atoms with Crippen molar-refractivity contribution in [3.05, 3.63) is 34.3 Å². The lowest BCUT2D eigenvalue weighted by Gasteiger charge is -2.04. The zero-order chi connectivity index (χ0) is 12.0. The third kappa shape index (κ3) is 3.66. The van der Waals surface area contributed by atoms with Crippen LogP contribution < -0.4 is 5.43 Å². The maximum atomic E-state index is 11.0. The molecule has 0 atom stereocenters. The predicted octanol–water partition coefficient (Wildman–Crippen LogP) is 2.92. The van der Waals surface area contributed by atoms with E-state index in [-0.39, 0.29) is 0 Å². The van der Waals surface area contributed by atoms with Gasteiger partial charge in [0, 0.05) is 10.0 Å². The SMILES string of the molecule is CCOC(=O)NN=C(C)c1ccccc1Br. The number of benzene rings is 1. The molecule has 0 radical (unpaired) electrons. The molecule has 1 aromatic carbocycles. The minimum absolute atomic E-state index is 0.329. The summed E-state index contributed by atoms with van der Waals surface area (Å²) in [6.07, 6.45) is -0.547. The number of hydrogen-bond acceptors (Lipinski definition) is 3. The van der Waals surface area contributed by atoms with Crippen LogP contribution in [0, 0.1) is 0 Å². The van der Waals surface area contributed by atoms with Crippen LogP contribution in [0.25, 0.3) is 0 Å². The van der Waals surface area contributed by atoms with Gasteiger partial charge in [0.25, 0.3) is 0 Å². The summed E-state index contributed by atoms with van der Waals surface area (Å²) in [4.78, 5) is 11.0. The first-order chi connectivity index (χ1) is 7.65. The maximum absolute atomic E-state index is 11.0. The molecule has 0 aliphatic carbocycles. The van der Waals surface area contributed by atoms with E-state index in [1.807, 2.05) is 31.2 Å². The highest BCUT2D eigenvalue weighted by Gasteiger charge is 2.03. The van der Waals surface area contributed by atoms with Crippen LogP contribution >= 0.6 is 15.9 Å². The molecule has 1 amide bonds. The van der Waals surface area contributed by atoms with Crippen LogP contribution in [-0.2, 0) is 4.74 Å². The van der Waals surface area contributed by atoms with Gasteiger partial charge in [0.05, 0.1) is 12.3 Å². The molecule has 1 rings (SSSR count). The van der Waals surface area contributed by atoms with Crippen molar-refractivity contribution < 1.29 is 9.53 Å². The second kappa shape index (κ2) is 6.27. The Hall–Kier alpha value is -1.36. The number of rotatable bonds is 3. The van der Waals surface area contributed by atoms with Gasteiger partial charge in [-0.2, -0.15) is 5.10 Å². The van der Waals surface area contributed by atoms with Crippen molar-refractivity contribution >= 4 is 27.7 Å². The molecule has 1 aromatic rings. The van der Waals surface area contributed by atoms with Crippen molar-refractivity contribution in [3.8, 4) is 0 Å². The van der Waals surface area contributed by atoms with E-state index in [0.717, 1.165) is 10.0 Å². The van der Waals surface area contributed by atoms with Gasteiger partial charge in [0.2, 0.25) is 0 Å². The fourth-order valence-electron chi connectivity index (χ4n) is 1.11. The van der Waals surface area contributed by atoms with E-state index >= 15 is 0 Å². The second-order valence-electron chi connectivity index (χ2n) is 3.01. The Morgan fingerprint density at radius 1 is 1.50 bits per heavy atom. The fraction of sp³-hybridized carbons (Fsp3) is 0.273. The molecule has 0 bridgehead atoms. The summed E-state index contributed by atoms with van der Waals surface area (Å²) in [5.74, 6) is 0. The highest BCUT2D eigenvalue weighted by atomic mass is 79.9. The van der Waals surface area contributed by atoms with Crippen molar-refractivity contribution in [2.75, 3.05) is 6.61 Å². The average molecular weight is 285 g/mol. The summed E-state index contributed by atoms with van der Waals surface area (Å²) in [6.45, 7) is 3.88. The first-order valence-corrected chi connectivity index (χ1v) is 5.66. The Labute approximate surface area is 103 Å². The van der Waals surface area contributed by atoms with E-state index in [1.165, 1.54) is 0 Å². The molecule has 1 N–H and O–H groups in total. The quantitative estimate of drug-likeness (QED) is 0.685. The van der Waals surface area contributed by atoms with Crippen molar-refractivity contribution in [3.63, 3.8) is 0 Å². The summed E-state index contributed by atoms with van der Waals surface area (Å²) >= 11 is 3.41. The highest BCUT2D eigenvalue weighted by molar-refractivity contribution is 9.10. The van der Waals surface area contributed by atoms with Gasteiger partial charge in [-0.1, -0.05) is 34.1 Å². The van der Waals surface area contributed by atoms with Crippen molar-refractivity contribution in [1.29, 1.82) is 0 Å². The molecule has 86 valence electrons. The van der Waals surface area contributed by atoms with Crippen LogP contribution in [0.5, 0.6) is 0 Å². The molecule has 5 heteroatoms. The molecule has 0 spiro atoms. The molecule has 0 unspecified atom stereocenters. The first-order valence-electron chi connectivity index (χ1n) is 4.87. The molecular weight excluding hydrogens is 272 g/mol. The Morgan fingerprint density at radius 2 is 2.19 bits per heavy atom. The van der Waals surface area contributed by atoms with Crippen LogP contribution in [0.3, 0.4) is 0 Å². The number of amides is 1. The summed E-state index contributed by atoms with van der Waals surface area (Å²) < 4.78 is 5.62. The molecule has 0 aliphatic rings. The Morgan fingerprint density at radius 3 is 2.81 bits per heavy atom. The molecule has 0 fully saturated rings. The number of carbonyl (C=O) groups excluding carboxylic acids is 1. The molecule has 4 nitrogen and oxygen atoms in total. The molecule has 0 aliphatic heterocycles. The standard InChI is InChI=1S/C11H13BrN2O2/c1-3-16-11(15)14-13-8(2)9-6-4-5-7-10(9)12/h4-7H,3H2,1-2H3,(H,14,15). The van der Waals surface area contributed by atoms with Crippen LogP contribution in [0.4, 0.5) is 4.79 Å². The highest BCUT2D eigenvalue weighted by Crippen LogP contribution is 2.16. The van der Waals surface area contributed by atoms with Crippen LogP contribution in [0.1, 0.15) is 19.4 Å². The van der Waals surface area contributed by atoms with E-state index in [9.17, 15) is 4.79 Å². The molecule has 0 saturated carbocycles. The second-order valence-corrected chi connectivity index (χ2v) is 3.86. The van der Waals surface area contributed by atoms with Gasteiger partial charge in [0.15, 0.2) is 0 Å². The minimum atomic E-state index is -0.547. The third-order valence-corrected chi connectivity index (χ3v) is 2.55. The van der Waals surface area contributed by atoms with Gasteiger partial charge in [-0.05, 0) is 19.9 Å². The number of carbonyl (C=O) groups is 1. The Bertz CT molecular complexity index is 405. The molecule has 0 aromatic heterocycles. The Balaban J connectivity index is 2.71. The van der Waals surface area contributed by atoms with Crippen LogP contribution in [-0.4, -0.2) is 18.4 Å². The molecule has 16 heavy (non-hydrogen) atoms. The number of nitrogens with zero attached hydrogens (tertiary/aromatic N) is 1. The predicted molar refractivity (Wildman–Crippen MR) is 66.5 cm³/mol. The van der Waals surface area contributed by atoms with Crippen molar-refractivity contribution in [2.45, 2.75) is 13.8 Å². The maximum Gasteiger partial charge on any atom is 0.427 e. The van der Waals surface area contributed by atoms with E-state index in [4.69, 9.17) is 0 Å². The number of halogens is 1. The lowest BCUT2D eigenvalue weighted by Crippen LogP contribution is -2.20. The number of nitrogens with one attached hydrogen (secondary N) is 1. The summed E-state index contributed by atoms with van der Waals surface area (Å²) in [5, 5.41) is 3.94. The number of hydrogen-bond donors (Lipinski definition) is 1. The van der Waals surface area contributed by atoms with E-state index in [0.29, 0.717) is 12.3 Å². The lowest BCUT2D eigenvalue weighted by atomic mass is 10.1. The number of ether oxygens (including phenoxy) is 1. The number of hydrazone groups is 1. The van der Waals surface area contributed by atoms with E-state index in [2.05, 4.69) is 31.2 Å². The summed E-state index contributed by atoms with van der Waals surface area (Å²) in [6, 6.07) is 7.65. The van der Waals surface area contributed by atoms with Gasteiger partial charge < -0.3 is 4.74 Å². The molecular formula is C11H13BrN2O2.